The number of hydrogen-bond donors (Lipinski definition) is 1. The van der Waals surface area contributed by atoms with E-state index in [2.05, 4.69) is 0 Å². The van der Waals surface area contributed by atoms with Crippen molar-refractivity contribution in [3.63, 3.8) is 0 Å². The van der Waals surface area contributed by atoms with Crippen LogP contribution < -0.4 is 0 Å². The zero-order chi connectivity index (χ0) is 14.5. The minimum Gasteiger partial charge on any atom is -0.481 e. The molecule has 2 rings (SSSR count). The molecule has 0 spiro atoms. The van der Waals surface area contributed by atoms with Crippen molar-refractivity contribution in [1.29, 1.82) is 0 Å². The number of rotatable bonds is 5. The summed E-state index contributed by atoms with van der Waals surface area (Å²) in [6.45, 7) is 0. The number of ether oxygens (including phenoxy) is 1. The number of benzene rings is 2. The number of aliphatic carboxylic acids is 1. The number of carboxylic acid groups (broad SMARTS) is 1. The lowest BCUT2D eigenvalue weighted by atomic mass is 9.93. The SMILES string of the molecule is COC(=O)[C@@H](CC(=O)O)Cc1cccc2ccccc12. The van der Waals surface area contributed by atoms with Crippen LogP contribution in [0.3, 0.4) is 0 Å². The first-order valence-corrected chi connectivity index (χ1v) is 6.38. The Hall–Kier alpha value is -2.36. The van der Waals surface area contributed by atoms with Gasteiger partial charge in [-0.15, -0.1) is 0 Å². The average molecular weight is 272 g/mol. The number of carboxylic acids is 1. The van der Waals surface area contributed by atoms with Crippen LogP contribution in [0.4, 0.5) is 0 Å². The van der Waals surface area contributed by atoms with E-state index in [1.165, 1.54) is 7.11 Å². The van der Waals surface area contributed by atoms with E-state index in [0.717, 1.165) is 16.3 Å². The second kappa shape index (κ2) is 6.19. The highest BCUT2D eigenvalue weighted by Crippen LogP contribution is 2.23. The van der Waals surface area contributed by atoms with Gasteiger partial charge in [-0.2, -0.15) is 0 Å². The molecule has 0 heterocycles. The van der Waals surface area contributed by atoms with Crippen molar-refractivity contribution in [2.24, 2.45) is 5.92 Å². The van der Waals surface area contributed by atoms with Gasteiger partial charge in [0.1, 0.15) is 0 Å². The average Bonchev–Trinajstić information content (AvgIpc) is 2.45. The lowest BCUT2D eigenvalue weighted by Crippen LogP contribution is -2.22. The lowest BCUT2D eigenvalue weighted by molar-refractivity contribution is -0.150. The first kappa shape index (κ1) is 14.1. The van der Waals surface area contributed by atoms with Crippen molar-refractivity contribution in [2.45, 2.75) is 12.8 Å². The second-order valence-electron chi connectivity index (χ2n) is 4.66. The Labute approximate surface area is 117 Å². The van der Waals surface area contributed by atoms with Gasteiger partial charge in [0, 0.05) is 0 Å². The maximum atomic E-state index is 11.7. The van der Waals surface area contributed by atoms with Gasteiger partial charge < -0.3 is 9.84 Å². The normalized spacial score (nSPS) is 12.1. The van der Waals surface area contributed by atoms with Gasteiger partial charge in [-0.25, -0.2) is 0 Å². The molecule has 2 aromatic rings. The standard InChI is InChI=1S/C16H16O4/c1-20-16(19)13(10-15(17)18)9-12-7-4-6-11-5-2-3-8-14(11)12/h2-8,13H,9-10H2,1H3,(H,17,18)/t13-/m1/s1. The predicted octanol–water partition coefficient (Wildman–Crippen LogP) is 2.65. The van der Waals surface area contributed by atoms with Gasteiger partial charge in [0.25, 0.3) is 0 Å². The maximum absolute atomic E-state index is 11.7. The van der Waals surface area contributed by atoms with Gasteiger partial charge in [0.2, 0.25) is 0 Å². The quantitative estimate of drug-likeness (QED) is 0.850. The molecule has 4 heteroatoms. The van der Waals surface area contributed by atoms with Gasteiger partial charge >= 0.3 is 11.9 Å². The number of carbonyl (C=O) groups is 2. The Balaban J connectivity index is 2.33. The molecule has 4 nitrogen and oxygen atoms in total. The number of hydrogen-bond acceptors (Lipinski definition) is 3. The van der Waals surface area contributed by atoms with Crippen molar-refractivity contribution < 1.29 is 19.4 Å². The number of fused-ring (bicyclic) bond motifs is 1. The molecule has 0 bridgehead atoms. The third kappa shape index (κ3) is 3.15. The monoisotopic (exact) mass is 272 g/mol. The zero-order valence-electron chi connectivity index (χ0n) is 11.2. The number of esters is 1. The van der Waals surface area contributed by atoms with Gasteiger partial charge in [-0.3, -0.25) is 9.59 Å². The first-order valence-electron chi connectivity index (χ1n) is 6.38. The molecule has 1 N–H and O–H groups in total. The minimum atomic E-state index is -0.999. The van der Waals surface area contributed by atoms with Crippen LogP contribution in [0.25, 0.3) is 10.8 Å². The fourth-order valence-corrected chi connectivity index (χ4v) is 2.35. The fraction of sp³-hybridized carbons (Fsp3) is 0.250. The van der Waals surface area contributed by atoms with E-state index in [1.807, 2.05) is 42.5 Å². The van der Waals surface area contributed by atoms with Crippen molar-refractivity contribution in [2.75, 3.05) is 7.11 Å². The van der Waals surface area contributed by atoms with Crippen molar-refractivity contribution in [1.82, 2.24) is 0 Å². The smallest absolute Gasteiger partial charge is 0.309 e. The molecular weight excluding hydrogens is 256 g/mol. The van der Waals surface area contributed by atoms with Crippen LogP contribution in [0.15, 0.2) is 42.5 Å². The maximum Gasteiger partial charge on any atom is 0.309 e. The Kier molecular flexibility index (Phi) is 4.35. The summed E-state index contributed by atoms with van der Waals surface area (Å²) in [5, 5.41) is 11.0. The molecule has 0 radical (unpaired) electrons. The summed E-state index contributed by atoms with van der Waals surface area (Å²) >= 11 is 0. The molecular formula is C16H16O4. The Morgan fingerprint density at radius 1 is 1.15 bits per heavy atom. The van der Waals surface area contributed by atoms with Crippen molar-refractivity contribution in [3.8, 4) is 0 Å². The Morgan fingerprint density at radius 3 is 2.55 bits per heavy atom. The number of carbonyl (C=O) groups excluding carboxylic acids is 1. The van der Waals surface area contributed by atoms with E-state index in [0.29, 0.717) is 6.42 Å². The molecule has 0 amide bonds. The Morgan fingerprint density at radius 2 is 1.85 bits per heavy atom. The van der Waals surface area contributed by atoms with E-state index < -0.39 is 17.9 Å². The van der Waals surface area contributed by atoms with E-state index in [4.69, 9.17) is 9.84 Å². The second-order valence-corrected chi connectivity index (χ2v) is 4.66. The minimum absolute atomic E-state index is 0.226. The van der Waals surface area contributed by atoms with Crippen LogP contribution in [-0.4, -0.2) is 24.2 Å². The summed E-state index contributed by atoms with van der Waals surface area (Å²) in [5.74, 6) is -2.15. The Bertz CT molecular complexity index is 628. The molecule has 0 aliphatic heterocycles. The van der Waals surface area contributed by atoms with Crippen molar-refractivity contribution >= 4 is 22.7 Å². The van der Waals surface area contributed by atoms with Gasteiger partial charge in [0.05, 0.1) is 19.4 Å². The van der Waals surface area contributed by atoms with E-state index in [9.17, 15) is 9.59 Å². The van der Waals surface area contributed by atoms with Crippen LogP contribution in [0.1, 0.15) is 12.0 Å². The molecule has 0 fully saturated rings. The first-order chi connectivity index (χ1) is 9.61. The summed E-state index contributed by atoms with van der Waals surface area (Å²) in [6, 6.07) is 13.6. The summed E-state index contributed by atoms with van der Waals surface area (Å²) in [7, 11) is 1.28. The van der Waals surface area contributed by atoms with Gasteiger partial charge in [0.15, 0.2) is 0 Å². The highest BCUT2D eigenvalue weighted by molar-refractivity contribution is 5.86. The third-order valence-corrected chi connectivity index (χ3v) is 3.30. The number of methoxy groups -OCH3 is 1. The largest absolute Gasteiger partial charge is 0.481 e. The molecule has 2 aromatic carbocycles. The van der Waals surface area contributed by atoms with Crippen LogP contribution in [0, 0.1) is 5.92 Å². The molecule has 0 saturated carbocycles. The molecule has 0 aliphatic rings. The van der Waals surface area contributed by atoms with Gasteiger partial charge in [-0.05, 0) is 22.8 Å². The van der Waals surface area contributed by atoms with Crippen LogP contribution in [0.5, 0.6) is 0 Å². The summed E-state index contributed by atoms with van der Waals surface area (Å²) in [5.41, 5.74) is 0.958. The molecule has 0 unspecified atom stereocenters. The van der Waals surface area contributed by atoms with Crippen LogP contribution in [-0.2, 0) is 20.7 Å². The lowest BCUT2D eigenvalue weighted by Gasteiger charge is -2.14. The highest BCUT2D eigenvalue weighted by atomic mass is 16.5. The molecule has 20 heavy (non-hydrogen) atoms. The van der Waals surface area contributed by atoms with E-state index >= 15 is 0 Å². The van der Waals surface area contributed by atoms with Crippen molar-refractivity contribution in [3.05, 3.63) is 48.0 Å². The molecule has 0 saturated heterocycles. The molecule has 0 aliphatic carbocycles. The fourth-order valence-electron chi connectivity index (χ4n) is 2.35. The van der Waals surface area contributed by atoms with Crippen LogP contribution >= 0.6 is 0 Å². The summed E-state index contributed by atoms with van der Waals surface area (Å²) < 4.78 is 4.70. The van der Waals surface area contributed by atoms with Crippen LogP contribution in [0.2, 0.25) is 0 Å². The molecule has 104 valence electrons. The molecule has 1 atom stereocenters. The van der Waals surface area contributed by atoms with E-state index in [1.54, 1.807) is 0 Å². The topological polar surface area (TPSA) is 63.6 Å². The van der Waals surface area contributed by atoms with E-state index in [-0.39, 0.29) is 6.42 Å². The predicted molar refractivity (Wildman–Crippen MR) is 75.4 cm³/mol. The zero-order valence-corrected chi connectivity index (χ0v) is 11.2. The summed E-state index contributed by atoms with van der Waals surface area (Å²) in [4.78, 5) is 22.6. The van der Waals surface area contributed by atoms with Gasteiger partial charge in [-0.1, -0.05) is 42.5 Å². The third-order valence-electron chi connectivity index (χ3n) is 3.30. The highest BCUT2D eigenvalue weighted by Gasteiger charge is 2.23. The summed E-state index contributed by atoms with van der Waals surface area (Å²) in [6.07, 6.45) is 0.135. The molecule has 0 aromatic heterocycles.